The van der Waals surface area contributed by atoms with Crippen LogP contribution in [0.1, 0.15) is 12.6 Å². The number of aromatic nitrogens is 2. The number of hydrogen-bond acceptors (Lipinski definition) is 2. The molecule has 0 saturated carbocycles. The third-order valence-electron chi connectivity index (χ3n) is 1.82. The molecule has 0 saturated heterocycles. The summed E-state index contributed by atoms with van der Waals surface area (Å²) >= 11 is 0. The minimum Gasteiger partial charge on any atom is -0.351 e. The summed E-state index contributed by atoms with van der Waals surface area (Å²) in [5.74, 6) is -0.412. The highest BCUT2D eigenvalue weighted by atomic mass is 19.4. The highest BCUT2D eigenvalue weighted by Crippen LogP contribution is 2.27. The van der Waals surface area contributed by atoms with Gasteiger partial charge in [-0.1, -0.05) is 12.2 Å². The zero-order chi connectivity index (χ0) is 13.1. The van der Waals surface area contributed by atoms with E-state index < -0.39 is 17.8 Å². The maximum atomic E-state index is 12.2. The number of rotatable bonds is 4. The number of nitrogens with zero attached hydrogens (tertiary/aromatic N) is 2. The number of halogens is 3. The van der Waals surface area contributed by atoms with Crippen LogP contribution in [0, 0.1) is 0 Å². The summed E-state index contributed by atoms with van der Waals surface area (Å²) in [6, 6.07) is 0.825. The van der Waals surface area contributed by atoms with Gasteiger partial charge in [0.1, 0.15) is 6.54 Å². The number of nitrogens with one attached hydrogen (secondary N) is 1. The van der Waals surface area contributed by atoms with E-state index in [2.05, 4.69) is 17.0 Å². The number of carbonyl (C=O) groups is 1. The predicted molar refractivity (Wildman–Crippen MR) is 55.1 cm³/mol. The van der Waals surface area contributed by atoms with Crippen LogP contribution >= 0.6 is 0 Å². The van der Waals surface area contributed by atoms with Crippen molar-refractivity contribution in [2.24, 2.45) is 0 Å². The molecular formula is C10H12F3N3O. The molecule has 1 heterocycles. The molecule has 0 atom stereocenters. The maximum Gasteiger partial charge on any atom is 0.435 e. The van der Waals surface area contributed by atoms with Crippen molar-refractivity contribution in [3.63, 3.8) is 0 Å². The van der Waals surface area contributed by atoms with Gasteiger partial charge in [-0.2, -0.15) is 18.3 Å². The molecule has 0 radical (unpaired) electrons. The van der Waals surface area contributed by atoms with E-state index in [1.165, 1.54) is 0 Å². The van der Waals surface area contributed by atoms with Crippen LogP contribution in [0.5, 0.6) is 0 Å². The fourth-order valence-corrected chi connectivity index (χ4v) is 1.05. The molecule has 4 nitrogen and oxygen atoms in total. The molecule has 0 bridgehead atoms. The Hall–Kier alpha value is -1.79. The van der Waals surface area contributed by atoms with Gasteiger partial charge < -0.3 is 5.32 Å². The molecule has 0 fully saturated rings. The van der Waals surface area contributed by atoms with Gasteiger partial charge in [-0.3, -0.25) is 9.48 Å². The summed E-state index contributed by atoms with van der Waals surface area (Å²) in [6.45, 7) is 5.37. The second-order valence-electron chi connectivity index (χ2n) is 3.63. The molecule has 1 aromatic heterocycles. The summed E-state index contributed by atoms with van der Waals surface area (Å²) < 4.78 is 37.6. The van der Waals surface area contributed by atoms with E-state index in [1.807, 2.05) is 0 Å². The highest BCUT2D eigenvalue weighted by molar-refractivity contribution is 5.75. The van der Waals surface area contributed by atoms with E-state index in [0.717, 1.165) is 22.5 Å². The second-order valence-corrected chi connectivity index (χ2v) is 3.63. The van der Waals surface area contributed by atoms with Gasteiger partial charge in [-0.15, -0.1) is 0 Å². The Bertz CT molecular complexity index is 423. The van der Waals surface area contributed by atoms with Crippen molar-refractivity contribution in [1.29, 1.82) is 0 Å². The van der Waals surface area contributed by atoms with Crippen molar-refractivity contribution < 1.29 is 18.0 Å². The third-order valence-corrected chi connectivity index (χ3v) is 1.82. The highest BCUT2D eigenvalue weighted by Gasteiger charge is 2.33. The molecule has 0 spiro atoms. The van der Waals surface area contributed by atoms with Gasteiger partial charge in [0.15, 0.2) is 5.69 Å². The van der Waals surface area contributed by atoms with Crippen LogP contribution < -0.4 is 5.32 Å². The molecule has 17 heavy (non-hydrogen) atoms. The van der Waals surface area contributed by atoms with Crippen molar-refractivity contribution >= 4 is 5.91 Å². The van der Waals surface area contributed by atoms with Gasteiger partial charge >= 0.3 is 6.18 Å². The molecule has 94 valence electrons. The first-order valence-corrected chi connectivity index (χ1v) is 4.81. The Morgan fingerprint density at radius 1 is 1.59 bits per heavy atom. The van der Waals surface area contributed by atoms with Gasteiger partial charge in [0.2, 0.25) is 5.91 Å². The lowest BCUT2D eigenvalue weighted by atomic mass is 10.3. The number of amides is 1. The SMILES string of the molecule is C=C(C)CNC(=O)Cn1ccc(C(F)(F)F)n1. The van der Waals surface area contributed by atoms with Gasteiger partial charge in [0, 0.05) is 12.7 Å². The van der Waals surface area contributed by atoms with Crippen LogP contribution in [-0.2, 0) is 17.5 Å². The van der Waals surface area contributed by atoms with Crippen LogP contribution in [0.2, 0.25) is 0 Å². The molecule has 0 aliphatic rings. The van der Waals surface area contributed by atoms with E-state index in [0.29, 0.717) is 6.54 Å². The Morgan fingerprint density at radius 2 is 2.24 bits per heavy atom. The Balaban J connectivity index is 2.55. The molecular weight excluding hydrogens is 235 g/mol. The molecule has 1 N–H and O–H groups in total. The van der Waals surface area contributed by atoms with Crippen molar-refractivity contribution in [2.45, 2.75) is 19.6 Å². The van der Waals surface area contributed by atoms with E-state index >= 15 is 0 Å². The van der Waals surface area contributed by atoms with Gasteiger partial charge in [0.05, 0.1) is 0 Å². The second kappa shape index (κ2) is 5.03. The molecule has 1 aromatic rings. The molecule has 0 unspecified atom stereocenters. The lowest BCUT2D eigenvalue weighted by molar-refractivity contribution is -0.141. The minimum absolute atomic E-state index is 0.247. The van der Waals surface area contributed by atoms with Crippen LogP contribution in [0.15, 0.2) is 24.4 Å². The average molecular weight is 247 g/mol. The molecule has 7 heteroatoms. The number of hydrogen-bond donors (Lipinski definition) is 1. The first-order valence-electron chi connectivity index (χ1n) is 4.81. The summed E-state index contributed by atoms with van der Waals surface area (Å²) in [7, 11) is 0. The zero-order valence-electron chi connectivity index (χ0n) is 9.21. The lowest BCUT2D eigenvalue weighted by Crippen LogP contribution is -2.29. The smallest absolute Gasteiger partial charge is 0.351 e. The van der Waals surface area contributed by atoms with Crippen LogP contribution in [0.3, 0.4) is 0 Å². The molecule has 1 rings (SSSR count). The quantitative estimate of drug-likeness (QED) is 0.821. The zero-order valence-corrected chi connectivity index (χ0v) is 9.21. The third kappa shape index (κ3) is 4.29. The Labute approximate surface area is 96.1 Å². The van der Waals surface area contributed by atoms with E-state index in [-0.39, 0.29) is 6.54 Å². The molecule has 0 aliphatic heterocycles. The van der Waals surface area contributed by atoms with Crippen LogP contribution in [-0.4, -0.2) is 22.2 Å². The fourth-order valence-electron chi connectivity index (χ4n) is 1.05. The van der Waals surface area contributed by atoms with Crippen LogP contribution in [0.4, 0.5) is 13.2 Å². The average Bonchev–Trinajstić information content (AvgIpc) is 2.62. The fraction of sp³-hybridized carbons (Fsp3) is 0.400. The summed E-state index contributed by atoms with van der Waals surface area (Å²) in [5, 5.41) is 5.76. The van der Waals surface area contributed by atoms with E-state index in [9.17, 15) is 18.0 Å². The summed E-state index contributed by atoms with van der Waals surface area (Å²) in [6.07, 6.45) is -3.37. The molecule has 1 amide bonds. The maximum absolute atomic E-state index is 12.2. The number of alkyl halides is 3. The molecule has 0 aliphatic carbocycles. The minimum atomic E-state index is -4.49. The standard InChI is InChI=1S/C10H12F3N3O/c1-7(2)5-14-9(17)6-16-4-3-8(15-16)10(11,12)13/h3-4H,1,5-6H2,2H3,(H,14,17). The van der Waals surface area contributed by atoms with E-state index in [4.69, 9.17) is 0 Å². The van der Waals surface area contributed by atoms with Crippen molar-refractivity contribution in [2.75, 3.05) is 6.54 Å². The van der Waals surface area contributed by atoms with Gasteiger partial charge in [0.25, 0.3) is 0 Å². The predicted octanol–water partition coefficient (Wildman–Crippen LogP) is 1.59. The van der Waals surface area contributed by atoms with E-state index in [1.54, 1.807) is 6.92 Å². The number of carbonyl (C=O) groups excluding carboxylic acids is 1. The van der Waals surface area contributed by atoms with Crippen molar-refractivity contribution in [1.82, 2.24) is 15.1 Å². The Morgan fingerprint density at radius 3 is 2.71 bits per heavy atom. The largest absolute Gasteiger partial charge is 0.435 e. The van der Waals surface area contributed by atoms with Gasteiger partial charge in [-0.05, 0) is 13.0 Å². The van der Waals surface area contributed by atoms with Crippen molar-refractivity contribution in [3.8, 4) is 0 Å². The van der Waals surface area contributed by atoms with Crippen LogP contribution in [0.25, 0.3) is 0 Å². The monoisotopic (exact) mass is 247 g/mol. The van der Waals surface area contributed by atoms with Gasteiger partial charge in [-0.25, -0.2) is 0 Å². The molecule has 0 aromatic carbocycles. The Kier molecular flexibility index (Phi) is 3.93. The lowest BCUT2D eigenvalue weighted by Gasteiger charge is -2.05. The summed E-state index contributed by atoms with van der Waals surface area (Å²) in [4.78, 5) is 11.3. The topological polar surface area (TPSA) is 46.9 Å². The summed E-state index contributed by atoms with van der Waals surface area (Å²) in [5.41, 5.74) is -0.250. The first-order chi connectivity index (χ1) is 7.79. The van der Waals surface area contributed by atoms with Crippen molar-refractivity contribution in [3.05, 3.63) is 30.1 Å². The first kappa shape index (κ1) is 13.3. The normalized spacial score (nSPS) is 11.3.